The van der Waals surface area contributed by atoms with Crippen LogP contribution in [0.1, 0.15) is 28.8 Å². The fourth-order valence-corrected chi connectivity index (χ4v) is 4.32. The van der Waals surface area contributed by atoms with Crippen LogP contribution in [0.25, 0.3) is 0 Å². The summed E-state index contributed by atoms with van der Waals surface area (Å²) in [5.74, 6) is 2.52. The monoisotopic (exact) mass is 351 g/mol. The first kappa shape index (κ1) is 17.1. The van der Waals surface area contributed by atoms with Crippen LogP contribution < -0.4 is 4.74 Å². The van der Waals surface area contributed by atoms with E-state index in [2.05, 4.69) is 24.0 Å². The van der Waals surface area contributed by atoms with E-state index in [4.69, 9.17) is 4.74 Å². The third-order valence-electron chi connectivity index (χ3n) is 5.66. The van der Waals surface area contributed by atoms with Crippen LogP contribution >= 0.6 is 0 Å². The zero-order chi connectivity index (χ0) is 18.1. The molecule has 26 heavy (non-hydrogen) atoms. The fourth-order valence-electron chi connectivity index (χ4n) is 4.32. The Morgan fingerprint density at radius 2 is 1.65 bits per heavy atom. The van der Waals surface area contributed by atoms with Crippen LogP contribution in [0.2, 0.25) is 0 Å². The molecule has 2 fully saturated rings. The first-order valence-corrected chi connectivity index (χ1v) is 9.35. The Labute approximate surface area is 154 Å². The Morgan fingerprint density at radius 1 is 1.04 bits per heavy atom. The van der Waals surface area contributed by atoms with Gasteiger partial charge in [-0.2, -0.15) is 0 Å². The molecule has 1 N–H and O–H groups in total. The second-order valence-corrected chi connectivity index (χ2v) is 7.71. The summed E-state index contributed by atoms with van der Waals surface area (Å²) in [4.78, 5) is 14.7. The third-order valence-corrected chi connectivity index (χ3v) is 5.66. The normalized spacial score (nSPS) is 25.2. The Morgan fingerprint density at radius 3 is 2.27 bits per heavy atom. The molecule has 0 aromatic heterocycles. The summed E-state index contributed by atoms with van der Waals surface area (Å²) in [7, 11) is 0. The van der Waals surface area contributed by atoms with Gasteiger partial charge in [-0.3, -0.25) is 9.69 Å². The lowest BCUT2D eigenvalue weighted by molar-refractivity contribution is 0.0936. The smallest absolute Gasteiger partial charge is 0.176 e. The van der Waals surface area contributed by atoms with Crippen LogP contribution in [0, 0.1) is 18.8 Å². The molecule has 4 rings (SSSR count). The first-order chi connectivity index (χ1) is 12.6. The van der Waals surface area contributed by atoms with E-state index in [1.165, 1.54) is 5.56 Å². The molecule has 0 amide bonds. The number of carbonyl (C=O) groups is 1. The van der Waals surface area contributed by atoms with E-state index in [9.17, 15) is 9.90 Å². The maximum Gasteiger partial charge on any atom is 0.176 e. The molecule has 2 aliphatic rings. The van der Waals surface area contributed by atoms with Gasteiger partial charge in [-0.1, -0.05) is 17.7 Å². The van der Waals surface area contributed by atoms with Gasteiger partial charge in [0.05, 0.1) is 12.6 Å². The predicted molar refractivity (Wildman–Crippen MR) is 101 cm³/mol. The highest BCUT2D eigenvalue weighted by molar-refractivity contribution is 5.97. The summed E-state index contributed by atoms with van der Waals surface area (Å²) in [5.41, 5.74) is 1.91. The number of carbonyl (C=O) groups excluding carboxylic acids is 1. The zero-order valence-electron chi connectivity index (χ0n) is 15.1. The van der Waals surface area contributed by atoms with E-state index < -0.39 is 0 Å². The van der Waals surface area contributed by atoms with Crippen LogP contribution in [0.4, 0.5) is 0 Å². The molecule has 4 heteroatoms. The second kappa shape index (κ2) is 7.12. The van der Waals surface area contributed by atoms with Crippen molar-refractivity contribution in [2.75, 3.05) is 19.6 Å². The molecule has 1 heterocycles. The summed E-state index contributed by atoms with van der Waals surface area (Å²) >= 11 is 0. The first-order valence-electron chi connectivity index (χ1n) is 9.35. The lowest BCUT2D eigenvalue weighted by atomic mass is 10.0. The average molecular weight is 351 g/mol. The van der Waals surface area contributed by atoms with Crippen molar-refractivity contribution in [3.8, 4) is 11.5 Å². The van der Waals surface area contributed by atoms with Crippen LogP contribution in [0.15, 0.2) is 48.5 Å². The fraction of sp³-hybridized carbons (Fsp3) is 0.409. The highest BCUT2D eigenvalue weighted by atomic mass is 16.5. The maximum absolute atomic E-state index is 12.4. The lowest BCUT2D eigenvalue weighted by Crippen LogP contribution is -2.30. The van der Waals surface area contributed by atoms with Gasteiger partial charge in [0.1, 0.15) is 11.5 Å². The van der Waals surface area contributed by atoms with Gasteiger partial charge in [-0.05, 0) is 68.0 Å². The number of hydrogen-bond donors (Lipinski definition) is 1. The van der Waals surface area contributed by atoms with Crippen LogP contribution in [0.3, 0.4) is 0 Å². The minimum absolute atomic E-state index is 0.123. The Kier molecular flexibility index (Phi) is 4.68. The zero-order valence-corrected chi connectivity index (χ0v) is 15.1. The number of aryl methyl sites for hydroxylation is 1. The number of likely N-dealkylation sites (tertiary alicyclic amines) is 1. The summed E-state index contributed by atoms with van der Waals surface area (Å²) < 4.78 is 6.15. The van der Waals surface area contributed by atoms with Crippen molar-refractivity contribution in [2.45, 2.75) is 25.9 Å². The van der Waals surface area contributed by atoms with E-state index >= 15 is 0 Å². The largest absolute Gasteiger partial charge is 0.508 e. The molecule has 1 aliphatic carbocycles. The van der Waals surface area contributed by atoms with Gasteiger partial charge in [0, 0.05) is 18.7 Å². The minimum Gasteiger partial charge on any atom is -0.508 e. The molecule has 3 atom stereocenters. The SMILES string of the molecule is Cc1ccc(OC2C[C@@H]3CN(CC(=O)c4ccc(O)cc4)C[C@@H]3C2)cc1. The van der Waals surface area contributed by atoms with Gasteiger partial charge in [0.25, 0.3) is 0 Å². The number of Topliss-reactive ketones (excluding diaryl/α,β-unsaturated/α-hetero) is 1. The van der Waals surface area contributed by atoms with Crippen molar-refractivity contribution in [1.82, 2.24) is 4.90 Å². The Balaban J connectivity index is 1.28. The van der Waals surface area contributed by atoms with Gasteiger partial charge in [0.15, 0.2) is 5.78 Å². The number of hydrogen-bond acceptors (Lipinski definition) is 4. The number of ether oxygens (including phenoxy) is 1. The van der Waals surface area contributed by atoms with E-state index in [-0.39, 0.29) is 11.5 Å². The highest BCUT2D eigenvalue weighted by Crippen LogP contribution is 2.39. The molecule has 2 aromatic rings. The number of rotatable bonds is 5. The molecule has 4 nitrogen and oxygen atoms in total. The number of phenols is 1. The van der Waals surface area contributed by atoms with E-state index in [1.54, 1.807) is 24.3 Å². The topological polar surface area (TPSA) is 49.8 Å². The predicted octanol–water partition coefficient (Wildman–Crippen LogP) is 3.67. The standard InChI is InChI=1S/C22H25NO3/c1-15-2-8-20(9-3-15)26-21-10-17-12-23(13-18(17)11-21)14-22(25)16-4-6-19(24)7-5-16/h2-9,17-18,21,24H,10-14H2,1H3/t17-,18+,21?. The molecule has 0 radical (unpaired) electrons. The molecule has 0 spiro atoms. The summed E-state index contributed by atoms with van der Waals surface area (Å²) in [6, 6.07) is 14.8. The third kappa shape index (κ3) is 3.75. The number of phenolic OH excluding ortho intramolecular Hbond substituents is 1. The quantitative estimate of drug-likeness (QED) is 0.835. The summed E-state index contributed by atoms with van der Waals surface area (Å²) in [5, 5.41) is 9.34. The summed E-state index contributed by atoms with van der Waals surface area (Å²) in [6.45, 7) is 4.49. The van der Waals surface area contributed by atoms with Crippen molar-refractivity contribution < 1.29 is 14.6 Å². The van der Waals surface area contributed by atoms with Crippen LogP contribution in [0.5, 0.6) is 11.5 Å². The number of ketones is 1. The molecule has 2 aromatic carbocycles. The van der Waals surface area contributed by atoms with Gasteiger partial charge in [-0.15, -0.1) is 0 Å². The van der Waals surface area contributed by atoms with Crippen molar-refractivity contribution in [2.24, 2.45) is 11.8 Å². The molecular formula is C22H25NO3. The van der Waals surface area contributed by atoms with E-state index in [1.807, 2.05) is 12.1 Å². The molecule has 1 aliphatic heterocycles. The Hall–Kier alpha value is -2.33. The van der Waals surface area contributed by atoms with Crippen molar-refractivity contribution in [3.05, 3.63) is 59.7 Å². The van der Waals surface area contributed by atoms with Gasteiger partial charge < -0.3 is 9.84 Å². The number of nitrogens with zero attached hydrogens (tertiary/aromatic N) is 1. The summed E-state index contributed by atoms with van der Waals surface area (Å²) in [6.07, 6.45) is 2.44. The number of fused-ring (bicyclic) bond motifs is 1. The van der Waals surface area contributed by atoms with E-state index in [0.29, 0.717) is 30.0 Å². The van der Waals surface area contributed by atoms with Gasteiger partial charge in [0.2, 0.25) is 0 Å². The molecule has 1 saturated heterocycles. The molecule has 0 bridgehead atoms. The molecular weight excluding hydrogens is 326 g/mol. The number of benzene rings is 2. The van der Waals surface area contributed by atoms with Crippen LogP contribution in [-0.4, -0.2) is 41.5 Å². The molecule has 1 unspecified atom stereocenters. The van der Waals surface area contributed by atoms with Crippen molar-refractivity contribution in [1.29, 1.82) is 0 Å². The van der Waals surface area contributed by atoms with Crippen molar-refractivity contribution >= 4 is 5.78 Å². The van der Waals surface area contributed by atoms with E-state index in [0.717, 1.165) is 31.7 Å². The van der Waals surface area contributed by atoms with Crippen LogP contribution in [-0.2, 0) is 0 Å². The van der Waals surface area contributed by atoms with Gasteiger partial charge in [-0.25, -0.2) is 0 Å². The molecule has 136 valence electrons. The Bertz CT molecular complexity index is 755. The second-order valence-electron chi connectivity index (χ2n) is 7.71. The minimum atomic E-state index is 0.123. The lowest BCUT2D eigenvalue weighted by Gasteiger charge is -2.19. The van der Waals surface area contributed by atoms with Gasteiger partial charge >= 0.3 is 0 Å². The maximum atomic E-state index is 12.4. The van der Waals surface area contributed by atoms with Crippen molar-refractivity contribution in [3.63, 3.8) is 0 Å². The highest BCUT2D eigenvalue weighted by Gasteiger charge is 2.42. The number of aromatic hydroxyl groups is 1. The molecule has 1 saturated carbocycles. The average Bonchev–Trinajstić information content (AvgIpc) is 3.15.